The molecule has 3 aliphatic carbocycles. The molecule has 46 heavy (non-hydrogen) atoms. The molecule has 2 unspecified atom stereocenters. The summed E-state index contributed by atoms with van der Waals surface area (Å²) in [5.74, 6) is 1.56. The molecule has 2 atom stereocenters. The van der Waals surface area contributed by atoms with Crippen LogP contribution in [0.15, 0.2) is 72.9 Å². The van der Waals surface area contributed by atoms with E-state index < -0.39 is 0 Å². The molecule has 8 rings (SSSR count). The van der Waals surface area contributed by atoms with Gasteiger partial charge in [0.25, 0.3) is 0 Å². The van der Waals surface area contributed by atoms with Crippen molar-refractivity contribution in [2.24, 2.45) is 0 Å². The number of rotatable bonds is 2. The third-order valence-corrected chi connectivity index (χ3v) is 10.7. The van der Waals surface area contributed by atoms with E-state index in [0.717, 1.165) is 39.9 Å². The van der Waals surface area contributed by atoms with E-state index in [-0.39, 0.29) is 36.4 Å². The molecule has 0 amide bonds. The molecule has 1 radical (unpaired) electrons. The Hall–Kier alpha value is -3.13. The van der Waals surface area contributed by atoms with E-state index in [1.165, 1.54) is 53.3 Å². The third-order valence-electron chi connectivity index (χ3n) is 10.7. The second-order valence-corrected chi connectivity index (χ2v) is 16.0. The van der Waals surface area contributed by atoms with Gasteiger partial charge in [0.2, 0.25) is 0 Å². The van der Waals surface area contributed by atoms with Gasteiger partial charge in [-0.15, -0.1) is 70.3 Å². The fraction of sp³-hybridized carbons (Fsp3) is 0.395. The van der Waals surface area contributed by atoms with Crippen LogP contribution in [0, 0.1) is 19.1 Å². The Labute approximate surface area is 289 Å². The molecule has 3 aromatic carbocycles. The number of aromatic nitrogens is 2. The molecule has 0 N–H and O–H groups in total. The minimum absolute atomic E-state index is 0. The van der Waals surface area contributed by atoms with Crippen molar-refractivity contribution in [1.29, 1.82) is 0 Å². The van der Waals surface area contributed by atoms with Gasteiger partial charge in [-0.3, -0.25) is 4.98 Å². The maximum absolute atomic E-state index is 5.02. The number of benzene rings is 3. The normalized spacial score (nSPS) is 20.0. The van der Waals surface area contributed by atoms with Crippen molar-refractivity contribution in [2.45, 2.75) is 109 Å². The molecular weight excluding hydrogens is 737 g/mol. The summed E-state index contributed by atoms with van der Waals surface area (Å²) in [6.45, 7) is 18.3. The predicted molar refractivity (Wildman–Crippen MR) is 188 cm³/mol. The average molecular weight is 783 g/mol. The van der Waals surface area contributed by atoms with Crippen LogP contribution in [0.4, 0.5) is 0 Å². The maximum Gasteiger partial charge on any atom is 0.0598 e. The van der Waals surface area contributed by atoms with Gasteiger partial charge in [-0.2, -0.15) is 0 Å². The van der Waals surface area contributed by atoms with Crippen LogP contribution in [-0.2, 0) is 36.4 Å². The van der Waals surface area contributed by atoms with E-state index in [0.29, 0.717) is 0 Å². The third kappa shape index (κ3) is 5.80. The van der Waals surface area contributed by atoms with Crippen molar-refractivity contribution in [1.82, 2.24) is 9.97 Å². The van der Waals surface area contributed by atoms with Crippen LogP contribution in [-0.4, -0.2) is 9.97 Å². The van der Waals surface area contributed by atoms with E-state index in [2.05, 4.69) is 127 Å². The van der Waals surface area contributed by atoms with Crippen LogP contribution < -0.4 is 0 Å². The van der Waals surface area contributed by atoms with Gasteiger partial charge in [-0.05, 0) is 81.5 Å². The van der Waals surface area contributed by atoms with Crippen molar-refractivity contribution in [3.05, 3.63) is 118 Å². The average Bonchev–Trinajstić information content (AvgIpc) is 3.67. The summed E-state index contributed by atoms with van der Waals surface area (Å²) < 4.78 is 0. The standard InChI is InChI=1S/C25H26N.C18H20N.Ir/c1-15-12-18(14-20-16-8-9-17(13-16)24(15)20)22-11-10-19-21(25(2,3)4)6-5-7-23(19)26-22;1-17(2)12-18(3,4)15-11-19-16(10-14(15)17)13-8-6-5-7-9-13;/h5-7,10-11,14,16-17H,8-9,13H2,1-4H3;5-8,10-11H,12H2,1-4H3;/q2*-1;. The van der Waals surface area contributed by atoms with Crippen molar-refractivity contribution < 1.29 is 20.1 Å². The summed E-state index contributed by atoms with van der Waals surface area (Å²) in [6, 6.07) is 30.5. The fourth-order valence-electron chi connectivity index (χ4n) is 8.81. The van der Waals surface area contributed by atoms with Crippen LogP contribution in [0.5, 0.6) is 0 Å². The number of hydrogen-bond acceptors (Lipinski definition) is 2. The van der Waals surface area contributed by atoms with Crippen molar-refractivity contribution in [2.75, 3.05) is 0 Å². The Bertz CT molecular complexity index is 1910. The first-order valence-corrected chi connectivity index (χ1v) is 16.8. The second-order valence-electron chi connectivity index (χ2n) is 16.0. The van der Waals surface area contributed by atoms with Gasteiger partial charge in [-0.1, -0.05) is 92.1 Å². The summed E-state index contributed by atoms with van der Waals surface area (Å²) in [5, 5.41) is 1.26. The van der Waals surface area contributed by atoms with Gasteiger partial charge in [0.15, 0.2) is 0 Å². The smallest absolute Gasteiger partial charge is 0.0598 e. The number of hydrogen-bond donors (Lipinski definition) is 0. The molecule has 3 aliphatic rings. The molecule has 5 aromatic rings. The first kappa shape index (κ1) is 32.8. The van der Waals surface area contributed by atoms with E-state index in [1.807, 2.05) is 18.2 Å². The molecule has 2 bridgehead atoms. The SMILES string of the molecule is CC1(C)CC(C)(C)c2cc(-c3[c-]cccc3)ncc21.Cc1[c-]c(-c2ccc3c(C(C)(C)C)cccc3n2)cc2c1C1CCC2C1.[Ir]. The largest absolute Gasteiger partial charge is 0.304 e. The predicted octanol–water partition coefficient (Wildman–Crippen LogP) is 11.2. The van der Waals surface area contributed by atoms with E-state index in [4.69, 9.17) is 4.98 Å². The minimum Gasteiger partial charge on any atom is -0.304 e. The summed E-state index contributed by atoms with van der Waals surface area (Å²) in [6.07, 6.45) is 7.34. The Morgan fingerprint density at radius 2 is 1.57 bits per heavy atom. The quantitative estimate of drug-likeness (QED) is 0.167. The zero-order valence-electron chi connectivity index (χ0n) is 28.6. The van der Waals surface area contributed by atoms with Gasteiger partial charge < -0.3 is 4.98 Å². The van der Waals surface area contributed by atoms with Crippen molar-refractivity contribution in [3.8, 4) is 22.5 Å². The number of nitrogens with zero attached hydrogens (tertiary/aromatic N) is 2. The van der Waals surface area contributed by atoms with E-state index in [1.54, 1.807) is 11.1 Å². The van der Waals surface area contributed by atoms with Crippen molar-refractivity contribution >= 4 is 10.9 Å². The molecule has 0 spiro atoms. The first-order chi connectivity index (χ1) is 21.3. The van der Waals surface area contributed by atoms with E-state index in [9.17, 15) is 0 Å². The number of fused-ring (bicyclic) bond motifs is 7. The zero-order valence-corrected chi connectivity index (χ0v) is 31.0. The van der Waals surface area contributed by atoms with Crippen LogP contribution in [0.1, 0.15) is 119 Å². The second kappa shape index (κ2) is 11.8. The molecule has 1 fully saturated rings. The van der Waals surface area contributed by atoms with Gasteiger partial charge in [0.05, 0.1) is 5.52 Å². The fourth-order valence-corrected chi connectivity index (χ4v) is 8.81. The molecule has 0 aliphatic heterocycles. The summed E-state index contributed by atoms with van der Waals surface area (Å²) in [4.78, 5) is 9.67. The van der Waals surface area contributed by atoms with Gasteiger partial charge in [0.1, 0.15) is 0 Å². The summed E-state index contributed by atoms with van der Waals surface area (Å²) in [7, 11) is 0. The summed E-state index contributed by atoms with van der Waals surface area (Å²) in [5.41, 5.74) is 14.7. The first-order valence-electron chi connectivity index (χ1n) is 16.8. The van der Waals surface area contributed by atoms with Gasteiger partial charge >= 0.3 is 0 Å². The molecular formula is C43H46IrN2-2. The van der Waals surface area contributed by atoms with Crippen LogP contribution >= 0.6 is 0 Å². The Balaban J connectivity index is 0.000000166. The number of pyridine rings is 2. The molecule has 0 saturated heterocycles. The molecule has 3 heteroatoms. The van der Waals surface area contributed by atoms with Crippen molar-refractivity contribution in [3.63, 3.8) is 0 Å². The molecule has 2 heterocycles. The maximum atomic E-state index is 5.02. The van der Waals surface area contributed by atoms with Gasteiger partial charge in [0, 0.05) is 31.7 Å². The monoisotopic (exact) mass is 783 g/mol. The van der Waals surface area contributed by atoms with Crippen LogP contribution in [0.3, 0.4) is 0 Å². The molecule has 2 aromatic heterocycles. The summed E-state index contributed by atoms with van der Waals surface area (Å²) >= 11 is 0. The Kier molecular flexibility index (Phi) is 8.44. The molecule has 1 saturated carbocycles. The topological polar surface area (TPSA) is 25.8 Å². The van der Waals surface area contributed by atoms with Crippen LogP contribution in [0.2, 0.25) is 0 Å². The Morgan fingerprint density at radius 1 is 0.804 bits per heavy atom. The van der Waals surface area contributed by atoms with Gasteiger partial charge in [-0.25, -0.2) is 0 Å². The number of aryl methyl sites for hydroxylation is 1. The molecule has 239 valence electrons. The Morgan fingerprint density at radius 3 is 2.30 bits per heavy atom. The molecule has 2 nitrogen and oxygen atoms in total. The minimum atomic E-state index is 0. The van der Waals surface area contributed by atoms with Crippen LogP contribution in [0.25, 0.3) is 33.4 Å². The van der Waals surface area contributed by atoms with E-state index >= 15 is 0 Å². The zero-order chi connectivity index (χ0) is 31.7.